The molecule has 0 saturated heterocycles. The lowest BCUT2D eigenvalue weighted by molar-refractivity contribution is 0.449. The quantitative estimate of drug-likeness (QED) is 0.491. The number of benzene rings is 2. The molecule has 114 valence electrons. The van der Waals surface area contributed by atoms with Gasteiger partial charge in [-0.1, -0.05) is 12.1 Å². The highest BCUT2D eigenvalue weighted by Crippen LogP contribution is 2.19. The van der Waals surface area contributed by atoms with Crippen molar-refractivity contribution >= 4 is 37.9 Å². The van der Waals surface area contributed by atoms with Crippen molar-refractivity contribution in [3.05, 3.63) is 67.1 Å². The van der Waals surface area contributed by atoms with E-state index in [2.05, 4.69) is 26.2 Å². The maximum atomic E-state index is 11.1. The van der Waals surface area contributed by atoms with Gasteiger partial charge in [0.2, 0.25) is 0 Å². The molecule has 0 bridgehead atoms. The predicted octanol–water partition coefficient (Wildman–Crippen LogP) is 2.88. The van der Waals surface area contributed by atoms with Gasteiger partial charge in [-0.3, -0.25) is 9.59 Å². The summed E-state index contributed by atoms with van der Waals surface area (Å²) in [5, 5.41) is 13.9. The molecule has 2 N–H and O–H groups in total. The van der Waals surface area contributed by atoms with Gasteiger partial charge >= 0.3 is 0 Å². The minimum atomic E-state index is -0.359. The van der Waals surface area contributed by atoms with Crippen molar-refractivity contribution in [3.63, 3.8) is 0 Å². The highest BCUT2D eigenvalue weighted by Gasteiger charge is 2.07. The first-order valence-electron chi connectivity index (χ1n) is 6.38. The van der Waals surface area contributed by atoms with Crippen LogP contribution in [0.3, 0.4) is 0 Å². The molecule has 2 heterocycles. The number of nitrogens with one attached hydrogen (secondary N) is 2. The van der Waals surface area contributed by atoms with E-state index in [9.17, 15) is 9.59 Å². The van der Waals surface area contributed by atoms with Crippen LogP contribution in [0.1, 0.15) is 5.56 Å². The van der Waals surface area contributed by atoms with Crippen molar-refractivity contribution < 1.29 is 9.05 Å². The van der Waals surface area contributed by atoms with Crippen LogP contribution in [0.2, 0.25) is 0 Å². The van der Waals surface area contributed by atoms with E-state index >= 15 is 0 Å². The van der Waals surface area contributed by atoms with Gasteiger partial charge < -0.3 is 9.05 Å². The van der Waals surface area contributed by atoms with E-state index in [-0.39, 0.29) is 11.1 Å². The fourth-order valence-corrected chi connectivity index (χ4v) is 2.59. The van der Waals surface area contributed by atoms with Crippen LogP contribution in [0.15, 0.2) is 59.5 Å². The SMILES string of the molecule is N#Cc1cccc2o[nH]c(=O)c12.O=c1[nH]oc2cccc(Br)c12. The zero-order valence-corrected chi connectivity index (χ0v) is 13.0. The van der Waals surface area contributed by atoms with E-state index in [1.807, 2.05) is 12.1 Å². The fourth-order valence-electron chi connectivity index (χ4n) is 2.06. The van der Waals surface area contributed by atoms with Crippen LogP contribution >= 0.6 is 15.9 Å². The molecule has 0 radical (unpaired) electrons. The number of halogens is 1. The summed E-state index contributed by atoms with van der Waals surface area (Å²) >= 11 is 3.25. The maximum Gasteiger partial charge on any atom is 0.289 e. The summed E-state index contributed by atoms with van der Waals surface area (Å²) in [5.41, 5.74) is 0.764. The third kappa shape index (κ3) is 2.69. The fraction of sp³-hybridized carbons (Fsp3) is 0. The Kier molecular flexibility index (Phi) is 3.87. The normalized spacial score (nSPS) is 10.3. The second-order valence-corrected chi connectivity index (χ2v) is 5.32. The monoisotopic (exact) mass is 373 g/mol. The number of aromatic nitrogens is 2. The number of fused-ring (bicyclic) bond motifs is 2. The Labute approximate surface area is 136 Å². The van der Waals surface area contributed by atoms with E-state index in [0.29, 0.717) is 27.5 Å². The molecule has 8 heteroatoms. The molecule has 0 fully saturated rings. The van der Waals surface area contributed by atoms with Gasteiger partial charge in [0, 0.05) is 4.47 Å². The highest BCUT2D eigenvalue weighted by atomic mass is 79.9. The summed E-state index contributed by atoms with van der Waals surface area (Å²) in [7, 11) is 0. The molecule has 0 aliphatic carbocycles. The van der Waals surface area contributed by atoms with Gasteiger partial charge in [-0.05, 0) is 40.2 Å². The van der Waals surface area contributed by atoms with Crippen LogP contribution < -0.4 is 11.1 Å². The summed E-state index contributed by atoms with van der Waals surface area (Å²) in [5.74, 6) is 0. The standard InChI is InChI=1S/C8H4N2O2.C7H4BrNO2/c9-4-5-2-1-3-6-7(5)8(11)10-12-6;8-4-2-1-3-5-6(4)7(10)9-11-5/h1-3H,(H,10,11);1-3H,(H,9,10). The second kappa shape index (κ2) is 5.98. The Balaban J connectivity index is 0.000000136. The second-order valence-electron chi connectivity index (χ2n) is 4.47. The van der Waals surface area contributed by atoms with E-state index in [1.165, 1.54) is 0 Å². The Bertz CT molecular complexity index is 1140. The van der Waals surface area contributed by atoms with Crippen molar-refractivity contribution in [1.82, 2.24) is 10.3 Å². The molecule has 2 aromatic carbocycles. The summed E-state index contributed by atoms with van der Waals surface area (Å²) in [6.07, 6.45) is 0. The van der Waals surface area contributed by atoms with Gasteiger partial charge in [0.15, 0.2) is 11.2 Å². The van der Waals surface area contributed by atoms with Crippen LogP contribution in [0.5, 0.6) is 0 Å². The molecule has 0 unspecified atom stereocenters. The lowest BCUT2D eigenvalue weighted by Gasteiger charge is -1.86. The average molecular weight is 374 g/mol. The lowest BCUT2D eigenvalue weighted by Crippen LogP contribution is -1.98. The first-order chi connectivity index (χ1) is 11.1. The molecule has 0 spiro atoms. The predicted molar refractivity (Wildman–Crippen MR) is 86.1 cm³/mol. The van der Waals surface area contributed by atoms with Gasteiger partial charge in [-0.2, -0.15) is 15.6 Å². The molecule has 4 aromatic rings. The molecule has 0 amide bonds. The number of H-pyrrole nitrogens is 2. The van der Waals surface area contributed by atoms with E-state index in [4.69, 9.17) is 14.3 Å². The minimum absolute atomic E-state index is 0.201. The maximum absolute atomic E-state index is 11.1. The third-order valence-corrected chi connectivity index (χ3v) is 3.74. The van der Waals surface area contributed by atoms with Crippen LogP contribution in [0.25, 0.3) is 21.9 Å². The minimum Gasteiger partial charge on any atom is -0.378 e. The van der Waals surface area contributed by atoms with Gasteiger partial charge in [-0.15, -0.1) is 0 Å². The van der Waals surface area contributed by atoms with E-state index in [0.717, 1.165) is 4.47 Å². The van der Waals surface area contributed by atoms with Crippen LogP contribution in [0.4, 0.5) is 0 Å². The number of hydrogen-bond donors (Lipinski definition) is 2. The molecule has 7 nitrogen and oxygen atoms in total. The molecule has 0 atom stereocenters. The molecule has 4 rings (SSSR count). The lowest BCUT2D eigenvalue weighted by atomic mass is 10.1. The molecule has 0 aliphatic heterocycles. The summed E-state index contributed by atoms with van der Waals surface area (Å²) in [4.78, 5) is 22.1. The number of aromatic amines is 2. The zero-order chi connectivity index (χ0) is 16.4. The summed E-state index contributed by atoms with van der Waals surface area (Å²) < 4.78 is 10.4. The molecular weight excluding hydrogens is 366 g/mol. The zero-order valence-electron chi connectivity index (χ0n) is 11.4. The van der Waals surface area contributed by atoms with Crippen molar-refractivity contribution in [2.75, 3.05) is 0 Å². The van der Waals surface area contributed by atoms with E-state index in [1.54, 1.807) is 30.3 Å². The Hall–Kier alpha value is -3.05. The van der Waals surface area contributed by atoms with Gasteiger partial charge in [0.1, 0.15) is 16.8 Å². The number of rotatable bonds is 0. The smallest absolute Gasteiger partial charge is 0.289 e. The molecule has 2 aromatic heterocycles. The first-order valence-corrected chi connectivity index (χ1v) is 7.17. The van der Waals surface area contributed by atoms with Crippen molar-refractivity contribution in [2.45, 2.75) is 0 Å². The van der Waals surface area contributed by atoms with Crippen molar-refractivity contribution in [3.8, 4) is 6.07 Å². The van der Waals surface area contributed by atoms with Gasteiger partial charge in [0.05, 0.1) is 5.56 Å². The largest absolute Gasteiger partial charge is 0.378 e. The Morgan fingerprint density at radius 3 is 2.09 bits per heavy atom. The average Bonchev–Trinajstić information content (AvgIpc) is 3.13. The van der Waals surface area contributed by atoms with Crippen molar-refractivity contribution in [1.29, 1.82) is 5.26 Å². The van der Waals surface area contributed by atoms with Crippen LogP contribution in [-0.4, -0.2) is 10.3 Å². The number of hydrogen-bond acceptors (Lipinski definition) is 5. The van der Waals surface area contributed by atoms with Crippen LogP contribution in [0, 0.1) is 11.3 Å². The molecular formula is C15H8BrN3O4. The first kappa shape index (κ1) is 14.9. The summed E-state index contributed by atoms with van der Waals surface area (Å²) in [6, 6.07) is 12.1. The molecule has 0 aliphatic rings. The Morgan fingerprint density at radius 1 is 0.913 bits per heavy atom. The molecule has 23 heavy (non-hydrogen) atoms. The summed E-state index contributed by atoms with van der Waals surface area (Å²) in [6.45, 7) is 0. The van der Waals surface area contributed by atoms with Crippen molar-refractivity contribution in [2.24, 2.45) is 0 Å². The number of nitrogens with zero attached hydrogens (tertiary/aromatic N) is 1. The topological polar surface area (TPSA) is 116 Å². The molecule has 0 saturated carbocycles. The van der Waals surface area contributed by atoms with Crippen LogP contribution in [-0.2, 0) is 0 Å². The highest BCUT2D eigenvalue weighted by molar-refractivity contribution is 9.10. The number of nitriles is 1. The Morgan fingerprint density at radius 2 is 1.48 bits per heavy atom. The van der Waals surface area contributed by atoms with Gasteiger partial charge in [-0.25, -0.2) is 0 Å². The third-order valence-electron chi connectivity index (χ3n) is 3.08. The van der Waals surface area contributed by atoms with Gasteiger partial charge in [0.25, 0.3) is 11.1 Å². The van der Waals surface area contributed by atoms with E-state index < -0.39 is 0 Å².